The van der Waals surface area contributed by atoms with Crippen molar-refractivity contribution in [3.8, 4) is 0 Å². The number of hydrogen-bond donors (Lipinski definition) is 0. The number of rotatable bonds is 5. The van der Waals surface area contributed by atoms with E-state index in [0.29, 0.717) is 38.5 Å². The van der Waals surface area contributed by atoms with E-state index in [1.54, 1.807) is 6.20 Å². The molecule has 4 rings (SSSR count). The number of aryl methyl sites for hydroxylation is 2. The van der Waals surface area contributed by atoms with E-state index in [-0.39, 0.29) is 5.03 Å². The zero-order valence-corrected chi connectivity index (χ0v) is 18.8. The third-order valence-electron chi connectivity index (χ3n) is 6.21. The van der Waals surface area contributed by atoms with Gasteiger partial charge in [0.1, 0.15) is 5.82 Å². The minimum atomic E-state index is -3.57. The third-order valence-corrected chi connectivity index (χ3v) is 7.98. The molecule has 0 bridgehead atoms. The van der Waals surface area contributed by atoms with Crippen LogP contribution in [0, 0.1) is 12.8 Å². The van der Waals surface area contributed by atoms with Gasteiger partial charge in [0.2, 0.25) is 0 Å². The van der Waals surface area contributed by atoms with Crippen molar-refractivity contribution in [2.45, 2.75) is 45.2 Å². The summed E-state index contributed by atoms with van der Waals surface area (Å²) in [5, 5.41) is 8.98. The van der Waals surface area contributed by atoms with Gasteiger partial charge in [-0.15, -0.1) is 10.2 Å². The molecule has 0 saturated carbocycles. The van der Waals surface area contributed by atoms with Crippen LogP contribution in [0.5, 0.6) is 0 Å². The quantitative estimate of drug-likeness (QED) is 0.710. The van der Waals surface area contributed by atoms with E-state index in [4.69, 9.17) is 0 Å². The van der Waals surface area contributed by atoms with Gasteiger partial charge < -0.3 is 14.4 Å². The Labute approximate surface area is 178 Å². The highest BCUT2D eigenvalue weighted by Crippen LogP contribution is 2.23. The highest BCUT2D eigenvalue weighted by Gasteiger charge is 2.31. The number of aromatic nitrogens is 4. The van der Waals surface area contributed by atoms with Crippen molar-refractivity contribution >= 4 is 21.7 Å². The molecule has 2 aliphatic heterocycles. The molecule has 0 N–H and O–H groups in total. The number of piperidine rings is 1. The van der Waals surface area contributed by atoms with E-state index in [2.05, 4.69) is 31.9 Å². The van der Waals surface area contributed by atoms with Gasteiger partial charge in [-0.3, -0.25) is 0 Å². The van der Waals surface area contributed by atoms with Gasteiger partial charge in [0.15, 0.2) is 16.7 Å². The molecular weight excluding hydrogens is 402 g/mol. The van der Waals surface area contributed by atoms with E-state index in [0.717, 1.165) is 30.6 Å². The normalized spacial score (nSPS) is 19.4. The Morgan fingerprint density at radius 1 is 0.967 bits per heavy atom. The smallest absolute Gasteiger partial charge is 0.262 e. The number of hydrogen-bond acceptors (Lipinski definition) is 7. The summed E-state index contributed by atoms with van der Waals surface area (Å²) >= 11 is 0. The van der Waals surface area contributed by atoms with Crippen LogP contribution in [0.3, 0.4) is 0 Å². The molecule has 0 unspecified atom stereocenters. The topological polar surface area (TPSA) is 87.5 Å². The summed E-state index contributed by atoms with van der Waals surface area (Å²) in [6.45, 7) is 10.8. The van der Waals surface area contributed by atoms with E-state index in [1.807, 2.05) is 30.5 Å². The molecule has 2 saturated heterocycles. The first-order chi connectivity index (χ1) is 14.4. The van der Waals surface area contributed by atoms with Crippen LogP contribution in [0.1, 0.15) is 32.5 Å². The summed E-state index contributed by atoms with van der Waals surface area (Å²) in [7, 11) is -3.57. The van der Waals surface area contributed by atoms with Crippen molar-refractivity contribution in [2.24, 2.45) is 5.92 Å². The molecule has 0 radical (unpaired) electrons. The Morgan fingerprint density at radius 2 is 1.53 bits per heavy atom. The maximum absolute atomic E-state index is 13.0. The average Bonchev–Trinajstić information content (AvgIpc) is 3.16. The van der Waals surface area contributed by atoms with Crippen molar-refractivity contribution in [1.82, 2.24) is 24.1 Å². The zero-order valence-electron chi connectivity index (χ0n) is 18.0. The molecule has 30 heavy (non-hydrogen) atoms. The van der Waals surface area contributed by atoms with Gasteiger partial charge in [0.05, 0.1) is 0 Å². The van der Waals surface area contributed by atoms with Crippen molar-refractivity contribution < 1.29 is 8.42 Å². The molecule has 0 spiro atoms. The Hall–Kier alpha value is -2.20. The van der Waals surface area contributed by atoms with E-state index < -0.39 is 10.0 Å². The van der Waals surface area contributed by atoms with Gasteiger partial charge in [-0.1, -0.05) is 6.92 Å². The zero-order chi connectivity index (χ0) is 21.3. The van der Waals surface area contributed by atoms with Crippen LogP contribution in [-0.4, -0.2) is 71.7 Å². The molecular formula is C20H31N7O2S. The fourth-order valence-corrected chi connectivity index (χ4v) is 5.52. The average molecular weight is 434 g/mol. The lowest BCUT2D eigenvalue weighted by molar-refractivity contribution is 0.382. The van der Waals surface area contributed by atoms with Crippen LogP contribution in [0.4, 0.5) is 11.6 Å². The fourth-order valence-electron chi connectivity index (χ4n) is 4.11. The van der Waals surface area contributed by atoms with Crippen LogP contribution < -0.4 is 9.80 Å². The molecule has 0 amide bonds. The predicted molar refractivity (Wildman–Crippen MR) is 116 cm³/mol. The second-order valence-electron chi connectivity index (χ2n) is 8.22. The lowest BCUT2D eigenvalue weighted by atomic mass is 9.99. The van der Waals surface area contributed by atoms with Gasteiger partial charge in [0.25, 0.3) is 10.0 Å². The number of imidazole rings is 1. The highest BCUT2D eigenvalue weighted by molar-refractivity contribution is 7.89. The Kier molecular flexibility index (Phi) is 5.97. The lowest BCUT2D eigenvalue weighted by Crippen LogP contribution is -2.49. The number of nitrogens with zero attached hydrogens (tertiary/aromatic N) is 7. The summed E-state index contributed by atoms with van der Waals surface area (Å²) in [5.74, 6) is 3.22. The lowest BCUT2D eigenvalue weighted by Gasteiger charge is -2.34. The molecule has 10 heteroatoms. The number of anilines is 2. The standard InChI is InChI=1S/C20H31N7O2S/c1-4-24-15-20(21-17(24)3)30(28,29)27-13-11-26(12-14-27)19-6-5-18(22-23-19)25-9-7-16(2)8-10-25/h5-6,15-16H,4,7-14H2,1-3H3. The maximum atomic E-state index is 13.0. The van der Waals surface area contributed by atoms with Crippen molar-refractivity contribution in [1.29, 1.82) is 0 Å². The van der Waals surface area contributed by atoms with Crippen LogP contribution in [0.15, 0.2) is 23.4 Å². The molecule has 2 aliphatic rings. The molecule has 164 valence electrons. The van der Waals surface area contributed by atoms with Gasteiger partial charge in [-0.05, 0) is 44.7 Å². The summed E-state index contributed by atoms with van der Waals surface area (Å²) in [6, 6.07) is 4.03. The van der Waals surface area contributed by atoms with Crippen LogP contribution in [0.25, 0.3) is 0 Å². The summed E-state index contributed by atoms with van der Waals surface area (Å²) in [5.41, 5.74) is 0. The van der Waals surface area contributed by atoms with Gasteiger partial charge >= 0.3 is 0 Å². The maximum Gasteiger partial charge on any atom is 0.262 e. The largest absolute Gasteiger partial charge is 0.355 e. The molecule has 0 aromatic carbocycles. The number of piperazine rings is 1. The first-order valence-electron chi connectivity index (χ1n) is 10.8. The molecule has 0 atom stereocenters. The minimum absolute atomic E-state index is 0.135. The van der Waals surface area contributed by atoms with Crippen LogP contribution in [-0.2, 0) is 16.6 Å². The van der Waals surface area contributed by atoms with Crippen molar-refractivity contribution in [3.05, 3.63) is 24.2 Å². The molecule has 2 aromatic rings. The minimum Gasteiger partial charge on any atom is -0.355 e. The summed E-state index contributed by atoms with van der Waals surface area (Å²) < 4.78 is 29.3. The second-order valence-corrected chi connectivity index (χ2v) is 10.1. The van der Waals surface area contributed by atoms with Crippen LogP contribution >= 0.6 is 0 Å². The molecule has 2 aromatic heterocycles. The number of sulfonamides is 1. The Morgan fingerprint density at radius 3 is 2.03 bits per heavy atom. The molecule has 0 aliphatic carbocycles. The van der Waals surface area contributed by atoms with Crippen molar-refractivity contribution in [2.75, 3.05) is 49.1 Å². The molecule has 9 nitrogen and oxygen atoms in total. The van der Waals surface area contributed by atoms with Gasteiger partial charge in [0, 0.05) is 52.0 Å². The Balaban J connectivity index is 1.38. The monoisotopic (exact) mass is 433 g/mol. The second kappa shape index (κ2) is 8.50. The van der Waals surface area contributed by atoms with E-state index in [9.17, 15) is 8.42 Å². The molecule has 2 fully saturated rings. The molecule has 4 heterocycles. The highest BCUT2D eigenvalue weighted by atomic mass is 32.2. The first-order valence-corrected chi connectivity index (χ1v) is 12.2. The Bertz CT molecular complexity index is 958. The fraction of sp³-hybridized carbons (Fsp3) is 0.650. The van der Waals surface area contributed by atoms with Gasteiger partial charge in [-0.2, -0.15) is 4.31 Å². The van der Waals surface area contributed by atoms with E-state index in [1.165, 1.54) is 17.1 Å². The summed E-state index contributed by atoms with van der Waals surface area (Å²) in [6.07, 6.45) is 4.01. The predicted octanol–water partition coefficient (Wildman–Crippen LogP) is 1.75. The third kappa shape index (κ3) is 4.15. The summed E-state index contributed by atoms with van der Waals surface area (Å²) in [4.78, 5) is 8.64. The van der Waals surface area contributed by atoms with Crippen molar-refractivity contribution in [3.63, 3.8) is 0 Å². The van der Waals surface area contributed by atoms with E-state index >= 15 is 0 Å². The van der Waals surface area contributed by atoms with Gasteiger partial charge in [-0.25, -0.2) is 13.4 Å². The first kappa shape index (κ1) is 21.0. The SMILES string of the molecule is CCn1cc(S(=O)(=O)N2CCN(c3ccc(N4CCC(C)CC4)nn3)CC2)nc1C. The van der Waals surface area contributed by atoms with Crippen LogP contribution in [0.2, 0.25) is 0 Å².